The predicted octanol–water partition coefficient (Wildman–Crippen LogP) is 1.23. The first-order valence-corrected chi connectivity index (χ1v) is 11.5. The molecule has 2 aliphatic rings. The van der Waals surface area contributed by atoms with Crippen molar-refractivity contribution in [2.75, 3.05) is 20.2 Å². The Morgan fingerprint density at radius 2 is 1.93 bits per heavy atom. The topological polar surface area (TPSA) is 116 Å². The lowest BCUT2D eigenvalue weighted by Gasteiger charge is -2.38. The highest BCUT2D eigenvalue weighted by Gasteiger charge is 2.52. The molecule has 2 aliphatic heterocycles. The molecule has 1 aromatic carbocycles. The first-order valence-electron chi connectivity index (χ1n) is 10.1. The summed E-state index contributed by atoms with van der Waals surface area (Å²) in [7, 11) is -2.56. The van der Waals surface area contributed by atoms with Crippen LogP contribution in [0.1, 0.15) is 33.1 Å². The summed E-state index contributed by atoms with van der Waals surface area (Å²) < 4.78 is 33.3. The molecule has 2 N–H and O–H groups in total. The van der Waals surface area contributed by atoms with Gasteiger partial charge >= 0.3 is 0 Å². The third-order valence-corrected chi connectivity index (χ3v) is 7.81. The Morgan fingerprint density at radius 1 is 1.27 bits per heavy atom. The van der Waals surface area contributed by atoms with E-state index in [4.69, 9.17) is 4.74 Å². The van der Waals surface area contributed by atoms with Crippen LogP contribution in [0, 0.1) is 11.8 Å². The van der Waals surface area contributed by atoms with Gasteiger partial charge in [0.25, 0.3) is 5.91 Å². The van der Waals surface area contributed by atoms with Crippen LogP contribution in [0.2, 0.25) is 0 Å². The van der Waals surface area contributed by atoms with Crippen molar-refractivity contribution in [2.45, 2.75) is 50.1 Å². The quantitative estimate of drug-likeness (QED) is 0.509. The van der Waals surface area contributed by atoms with Gasteiger partial charge in [0, 0.05) is 25.6 Å². The van der Waals surface area contributed by atoms with Gasteiger partial charge in [-0.3, -0.25) is 14.8 Å². The van der Waals surface area contributed by atoms with E-state index in [1.165, 1.54) is 23.5 Å². The van der Waals surface area contributed by atoms with Gasteiger partial charge in [0.2, 0.25) is 15.9 Å². The number of methoxy groups -OCH3 is 1. The minimum absolute atomic E-state index is 0.0136. The Balaban J connectivity index is 1.94. The summed E-state index contributed by atoms with van der Waals surface area (Å²) in [6, 6.07) is 4.39. The highest BCUT2D eigenvalue weighted by atomic mass is 32.2. The van der Waals surface area contributed by atoms with Crippen LogP contribution in [0.15, 0.2) is 29.2 Å². The first-order chi connectivity index (χ1) is 14.2. The highest BCUT2D eigenvalue weighted by Crippen LogP contribution is 2.40. The Kier molecular flexibility index (Phi) is 6.68. The fraction of sp³-hybridized carbons (Fsp3) is 0.600. The minimum atomic E-state index is -4.04. The second-order valence-electron chi connectivity index (χ2n) is 8.29. The van der Waals surface area contributed by atoms with Gasteiger partial charge in [-0.05, 0) is 48.9 Å². The number of hydrogen-bond donors (Lipinski definition) is 2. The van der Waals surface area contributed by atoms with E-state index in [0.717, 1.165) is 0 Å². The van der Waals surface area contributed by atoms with Gasteiger partial charge in [-0.2, -0.15) is 4.31 Å². The number of carbonyl (C=O) groups is 2. The number of hydrogen-bond acceptors (Lipinski definition) is 6. The number of fused-ring (bicyclic) bond motifs is 1. The molecule has 2 heterocycles. The SMILES string of the molecule is COc1ccc(S(=O)(=O)N2[C@H](C(=O)NO)C[C@@H]3CCN(C(=O)CC(C)C)C[C@@H]32)cc1. The zero-order chi connectivity index (χ0) is 22.1. The molecular weight excluding hydrogens is 410 g/mol. The number of ether oxygens (including phenoxy) is 1. The molecule has 166 valence electrons. The Hall–Kier alpha value is -2.17. The highest BCUT2D eigenvalue weighted by molar-refractivity contribution is 7.89. The molecule has 1 aromatic rings. The summed E-state index contributed by atoms with van der Waals surface area (Å²) in [5.74, 6) is -0.128. The molecule has 0 saturated carbocycles. The van der Waals surface area contributed by atoms with Crippen molar-refractivity contribution in [1.82, 2.24) is 14.7 Å². The molecule has 2 saturated heterocycles. The first kappa shape index (κ1) is 22.5. The van der Waals surface area contributed by atoms with Gasteiger partial charge in [0.1, 0.15) is 11.8 Å². The molecule has 3 atom stereocenters. The van der Waals surface area contributed by atoms with E-state index < -0.39 is 28.0 Å². The van der Waals surface area contributed by atoms with Crippen LogP contribution < -0.4 is 10.2 Å². The number of hydroxylamine groups is 1. The summed E-state index contributed by atoms with van der Waals surface area (Å²) in [6.45, 7) is 4.70. The lowest BCUT2D eigenvalue weighted by atomic mass is 9.91. The van der Waals surface area contributed by atoms with Crippen LogP contribution >= 0.6 is 0 Å². The summed E-state index contributed by atoms with van der Waals surface area (Å²) >= 11 is 0. The van der Waals surface area contributed by atoms with Crippen LogP contribution in [0.3, 0.4) is 0 Å². The number of sulfonamides is 1. The van der Waals surface area contributed by atoms with E-state index in [2.05, 4.69) is 0 Å². The average molecular weight is 440 g/mol. The number of nitrogens with zero attached hydrogens (tertiary/aromatic N) is 2. The van der Waals surface area contributed by atoms with Gasteiger partial charge in [-0.15, -0.1) is 0 Å². The third-order valence-electron chi connectivity index (χ3n) is 5.86. The number of carbonyl (C=O) groups excluding carboxylic acids is 2. The third kappa shape index (κ3) is 4.30. The monoisotopic (exact) mass is 439 g/mol. The van der Waals surface area contributed by atoms with E-state index in [-0.39, 0.29) is 29.2 Å². The molecule has 0 bridgehead atoms. The minimum Gasteiger partial charge on any atom is -0.497 e. The molecule has 2 amide bonds. The van der Waals surface area contributed by atoms with E-state index >= 15 is 0 Å². The van der Waals surface area contributed by atoms with Crippen molar-refractivity contribution in [3.8, 4) is 5.75 Å². The number of likely N-dealkylation sites (tertiary alicyclic amines) is 1. The maximum atomic E-state index is 13.5. The zero-order valence-electron chi connectivity index (χ0n) is 17.4. The average Bonchev–Trinajstić information content (AvgIpc) is 3.12. The molecule has 0 spiro atoms. The molecule has 10 heteroatoms. The lowest BCUT2D eigenvalue weighted by molar-refractivity contribution is -0.134. The standard InChI is InChI=1S/C20H29N3O6S/c1-13(2)10-19(24)22-9-8-14-11-17(20(25)21-26)23(18(14)12-22)30(27,28)16-6-4-15(29-3)5-7-16/h4-7,13-14,17-18,26H,8-12H2,1-3H3,(H,21,25)/t14-,17-,18-/m0/s1. The van der Waals surface area contributed by atoms with E-state index in [1.54, 1.807) is 22.5 Å². The van der Waals surface area contributed by atoms with Gasteiger partial charge in [0.05, 0.1) is 12.0 Å². The zero-order valence-corrected chi connectivity index (χ0v) is 18.3. The Bertz CT molecular complexity index is 886. The van der Waals surface area contributed by atoms with Gasteiger partial charge < -0.3 is 9.64 Å². The second kappa shape index (κ2) is 8.91. The number of amides is 2. The second-order valence-corrected chi connectivity index (χ2v) is 10.1. The number of nitrogens with one attached hydrogen (secondary N) is 1. The summed E-state index contributed by atoms with van der Waals surface area (Å²) in [4.78, 5) is 26.7. The molecular formula is C20H29N3O6S. The van der Waals surface area contributed by atoms with Crippen LogP contribution in [0.4, 0.5) is 0 Å². The molecule has 0 unspecified atom stereocenters. The van der Waals surface area contributed by atoms with Crippen LogP contribution in [0.5, 0.6) is 5.75 Å². The summed E-state index contributed by atoms with van der Waals surface area (Å²) in [5.41, 5.74) is 1.60. The van der Waals surface area contributed by atoms with Crippen molar-refractivity contribution in [2.24, 2.45) is 11.8 Å². The molecule has 9 nitrogen and oxygen atoms in total. The van der Waals surface area contributed by atoms with Gasteiger partial charge in [0.15, 0.2) is 0 Å². The molecule has 0 radical (unpaired) electrons. The van der Waals surface area contributed by atoms with Crippen LogP contribution in [-0.2, 0) is 19.6 Å². The molecule has 2 fully saturated rings. The van der Waals surface area contributed by atoms with Crippen molar-refractivity contribution in [3.63, 3.8) is 0 Å². The number of benzene rings is 1. The molecule has 30 heavy (non-hydrogen) atoms. The summed E-state index contributed by atoms with van der Waals surface area (Å²) in [5, 5.41) is 9.19. The maximum absolute atomic E-state index is 13.5. The Labute approximate surface area is 177 Å². The van der Waals surface area contributed by atoms with Crippen molar-refractivity contribution >= 4 is 21.8 Å². The molecule has 3 rings (SSSR count). The fourth-order valence-corrected chi connectivity index (χ4v) is 6.22. The fourth-order valence-electron chi connectivity index (χ4n) is 4.38. The Morgan fingerprint density at radius 3 is 2.50 bits per heavy atom. The van der Waals surface area contributed by atoms with E-state index in [9.17, 15) is 23.2 Å². The molecule has 0 aromatic heterocycles. The largest absolute Gasteiger partial charge is 0.497 e. The van der Waals surface area contributed by atoms with Gasteiger partial charge in [-0.1, -0.05) is 13.8 Å². The van der Waals surface area contributed by atoms with E-state index in [0.29, 0.717) is 31.6 Å². The van der Waals surface area contributed by atoms with Crippen LogP contribution in [0.25, 0.3) is 0 Å². The van der Waals surface area contributed by atoms with Crippen molar-refractivity contribution in [3.05, 3.63) is 24.3 Å². The maximum Gasteiger partial charge on any atom is 0.261 e. The van der Waals surface area contributed by atoms with Crippen molar-refractivity contribution < 1.29 is 28.0 Å². The number of rotatable bonds is 6. The smallest absolute Gasteiger partial charge is 0.261 e. The van der Waals surface area contributed by atoms with Crippen LogP contribution in [-0.4, -0.2) is 66.9 Å². The van der Waals surface area contributed by atoms with E-state index in [1.807, 2.05) is 13.8 Å². The normalized spacial score (nSPS) is 24.6. The lowest BCUT2D eigenvalue weighted by Crippen LogP contribution is -2.54. The molecule has 0 aliphatic carbocycles. The summed E-state index contributed by atoms with van der Waals surface area (Å²) in [6.07, 6.45) is 1.31. The predicted molar refractivity (Wildman–Crippen MR) is 108 cm³/mol. The number of piperidine rings is 1. The van der Waals surface area contributed by atoms with Gasteiger partial charge in [-0.25, -0.2) is 13.9 Å². The van der Waals surface area contributed by atoms with Crippen molar-refractivity contribution in [1.29, 1.82) is 0 Å².